The van der Waals surface area contributed by atoms with Crippen molar-refractivity contribution in [3.05, 3.63) is 35.1 Å². The molecule has 16 heavy (non-hydrogen) atoms. The Morgan fingerprint density at radius 2 is 2.19 bits per heavy atom. The fraction of sp³-hybridized carbons (Fsp3) is 0.500. The van der Waals surface area contributed by atoms with Crippen molar-refractivity contribution in [1.29, 1.82) is 0 Å². The number of hydrogen-bond donors (Lipinski definition) is 2. The summed E-state index contributed by atoms with van der Waals surface area (Å²) in [7, 11) is 1.92. The van der Waals surface area contributed by atoms with Gasteiger partial charge in [0.1, 0.15) is 5.82 Å². The largest absolute Gasteiger partial charge is 0.395 e. The molecule has 0 saturated heterocycles. The van der Waals surface area contributed by atoms with Crippen molar-refractivity contribution >= 4 is 0 Å². The molecule has 0 fully saturated rings. The third-order valence-electron chi connectivity index (χ3n) is 2.78. The second-order valence-electron chi connectivity index (χ2n) is 4.08. The van der Waals surface area contributed by atoms with Gasteiger partial charge in [-0.1, -0.05) is 12.1 Å². The van der Waals surface area contributed by atoms with Gasteiger partial charge in [0.05, 0.1) is 6.61 Å². The van der Waals surface area contributed by atoms with Gasteiger partial charge >= 0.3 is 0 Å². The predicted octanol–water partition coefficient (Wildman–Crippen LogP) is 1.10. The lowest BCUT2D eigenvalue weighted by Crippen LogP contribution is -2.31. The van der Waals surface area contributed by atoms with E-state index >= 15 is 0 Å². The molecule has 1 aromatic carbocycles. The molecule has 3 nitrogen and oxygen atoms in total. The molecule has 0 aliphatic carbocycles. The van der Waals surface area contributed by atoms with Crippen molar-refractivity contribution in [3.8, 4) is 0 Å². The lowest BCUT2D eigenvalue weighted by Gasteiger charge is -2.23. The summed E-state index contributed by atoms with van der Waals surface area (Å²) in [5.74, 6) is -0.260. The van der Waals surface area contributed by atoms with E-state index in [1.807, 2.05) is 18.9 Å². The third-order valence-corrected chi connectivity index (χ3v) is 2.78. The SMILES string of the molecule is CC(CO)N(C)Cc1ccc(F)c(CN)c1. The Balaban J connectivity index is 2.74. The summed E-state index contributed by atoms with van der Waals surface area (Å²) in [6.45, 7) is 2.93. The number of halogens is 1. The van der Waals surface area contributed by atoms with Gasteiger partial charge in [-0.25, -0.2) is 4.39 Å². The van der Waals surface area contributed by atoms with Crippen LogP contribution >= 0.6 is 0 Å². The number of nitrogens with two attached hydrogens (primary N) is 1. The summed E-state index contributed by atoms with van der Waals surface area (Å²) in [6, 6.07) is 5.05. The van der Waals surface area contributed by atoms with Crippen LogP contribution in [-0.2, 0) is 13.1 Å². The minimum atomic E-state index is -0.260. The molecule has 90 valence electrons. The summed E-state index contributed by atoms with van der Waals surface area (Å²) in [6.07, 6.45) is 0. The topological polar surface area (TPSA) is 49.5 Å². The highest BCUT2D eigenvalue weighted by atomic mass is 19.1. The van der Waals surface area contributed by atoms with Crippen molar-refractivity contribution < 1.29 is 9.50 Å². The Morgan fingerprint density at radius 1 is 1.50 bits per heavy atom. The minimum Gasteiger partial charge on any atom is -0.395 e. The molecule has 1 aromatic rings. The maximum Gasteiger partial charge on any atom is 0.127 e. The first kappa shape index (κ1) is 13.1. The van der Waals surface area contributed by atoms with Gasteiger partial charge in [-0.05, 0) is 25.6 Å². The van der Waals surface area contributed by atoms with Crippen molar-refractivity contribution in [3.63, 3.8) is 0 Å². The fourth-order valence-electron chi connectivity index (χ4n) is 1.47. The van der Waals surface area contributed by atoms with Gasteiger partial charge in [0, 0.05) is 24.7 Å². The van der Waals surface area contributed by atoms with E-state index in [-0.39, 0.29) is 25.0 Å². The first-order valence-electron chi connectivity index (χ1n) is 5.37. The molecule has 1 unspecified atom stereocenters. The molecule has 0 bridgehead atoms. The molecule has 1 atom stereocenters. The lowest BCUT2D eigenvalue weighted by molar-refractivity contribution is 0.154. The van der Waals surface area contributed by atoms with Crippen LogP contribution in [-0.4, -0.2) is 29.7 Å². The molecule has 0 aromatic heterocycles. The highest BCUT2D eigenvalue weighted by molar-refractivity contribution is 5.25. The molecule has 0 saturated carbocycles. The molecule has 0 aliphatic heterocycles. The molecule has 3 N–H and O–H groups in total. The van der Waals surface area contributed by atoms with E-state index in [2.05, 4.69) is 0 Å². The van der Waals surface area contributed by atoms with Crippen LogP contribution in [0.25, 0.3) is 0 Å². The summed E-state index contributed by atoms with van der Waals surface area (Å²) in [5, 5.41) is 9.01. The van der Waals surface area contributed by atoms with Crippen LogP contribution in [0.1, 0.15) is 18.1 Å². The molecule has 0 radical (unpaired) electrons. The van der Waals surface area contributed by atoms with Gasteiger partial charge in [-0.15, -0.1) is 0 Å². The highest BCUT2D eigenvalue weighted by Gasteiger charge is 2.09. The predicted molar refractivity (Wildman–Crippen MR) is 62.3 cm³/mol. The van der Waals surface area contributed by atoms with Crippen molar-refractivity contribution in [1.82, 2.24) is 4.90 Å². The van der Waals surface area contributed by atoms with E-state index in [1.54, 1.807) is 12.1 Å². The van der Waals surface area contributed by atoms with Gasteiger partial charge in [-0.2, -0.15) is 0 Å². The summed E-state index contributed by atoms with van der Waals surface area (Å²) in [5.41, 5.74) is 6.98. The second kappa shape index (κ2) is 5.94. The van der Waals surface area contributed by atoms with Gasteiger partial charge < -0.3 is 10.8 Å². The van der Waals surface area contributed by atoms with Crippen LogP contribution in [0.15, 0.2) is 18.2 Å². The number of aliphatic hydroxyl groups is 1. The summed E-state index contributed by atoms with van der Waals surface area (Å²) >= 11 is 0. The quantitative estimate of drug-likeness (QED) is 0.790. The van der Waals surface area contributed by atoms with E-state index in [4.69, 9.17) is 10.8 Å². The van der Waals surface area contributed by atoms with Gasteiger partial charge in [0.2, 0.25) is 0 Å². The summed E-state index contributed by atoms with van der Waals surface area (Å²) < 4.78 is 13.2. The van der Waals surface area contributed by atoms with Crippen LogP contribution in [0, 0.1) is 5.82 Å². The van der Waals surface area contributed by atoms with Crippen molar-refractivity contribution in [2.45, 2.75) is 26.1 Å². The third kappa shape index (κ3) is 3.27. The number of hydrogen-bond acceptors (Lipinski definition) is 3. The highest BCUT2D eigenvalue weighted by Crippen LogP contribution is 2.12. The van der Waals surface area contributed by atoms with Gasteiger partial charge in [-0.3, -0.25) is 4.90 Å². The fourth-order valence-corrected chi connectivity index (χ4v) is 1.47. The zero-order valence-corrected chi connectivity index (χ0v) is 9.78. The van der Waals surface area contributed by atoms with Crippen LogP contribution in [0.3, 0.4) is 0 Å². The average Bonchev–Trinajstić information content (AvgIpc) is 2.30. The van der Waals surface area contributed by atoms with Crippen molar-refractivity contribution in [2.24, 2.45) is 5.73 Å². The van der Waals surface area contributed by atoms with Crippen molar-refractivity contribution in [2.75, 3.05) is 13.7 Å². The first-order valence-corrected chi connectivity index (χ1v) is 5.37. The Labute approximate surface area is 95.7 Å². The molecule has 1 rings (SSSR count). The van der Waals surface area contributed by atoms with E-state index in [1.165, 1.54) is 6.07 Å². The van der Waals surface area contributed by atoms with Crippen LogP contribution < -0.4 is 5.73 Å². The molecular weight excluding hydrogens is 207 g/mol. The number of likely N-dealkylation sites (N-methyl/N-ethyl adjacent to an activating group) is 1. The minimum absolute atomic E-state index is 0.0892. The monoisotopic (exact) mass is 226 g/mol. The molecule has 0 heterocycles. The smallest absolute Gasteiger partial charge is 0.127 e. The molecule has 0 aliphatic rings. The second-order valence-corrected chi connectivity index (χ2v) is 4.08. The van der Waals surface area contributed by atoms with E-state index in [0.29, 0.717) is 12.1 Å². The normalized spacial score (nSPS) is 13.1. The lowest BCUT2D eigenvalue weighted by atomic mass is 10.1. The van der Waals surface area contributed by atoms with Crippen LogP contribution in [0.4, 0.5) is 4.39 Å². The van der Waals surface area contributed by atoms with E-state index in [9.17, 15) is 4.39 Å². The Hall–Kier alpha value is -0.970. The maximum absolute atomic E-state index is 13.2. The Kier molecular flexibility index (Phi) is 4.86. The first-order chi connectivity index (χ1) is 7.58. The van der Waals surface area contributed by atoms with Gasteiger partial charge in [0.15, 0.2) is 0 Å². The molecule has 0 amide bonds. The number of rotatable bonds is 5. The maximum atomic E-state index is 13.2. The molecule has 4 heteroatoms. The number of benzene rings is 1. The Morgan fingerprint density at radius 3 is 2.75 bits per heavy atom. The zero-order chi connectivity index (χ0) is 12.1. The molecule has 0 spiro atoms. The number of aliphatic hydroxyl groups excluding tert-OH is 1. The standard InChI is InChI=1S/C12H19FN2O/c1-9(8-16)15(2)7-10-3-4-12(13)11(5-10)6-14/h3-5,9,16H,6-8,14H2,1-2H3. The van der Waals surface area contributed by atoms with Crippen LogP contribution in [0.2, 0.25) is 0 Å². The van der Waals surface area contributed by atoms with E-state index in [0.717, 1.165) is 5.56 Å². The molecular formula is C12H19FN2O. The average molecular weight is 226 g/mol. The van der Waals surface area contributed by atoms with Crippen LogP contribution in [0.5, 0.6) is 0 Å². The Bertz CT molecular complexity index is 344. The van der Waals surface area contributed by atoms with E-state index < -0.39 is 0 Å². The summed E-state index contributed by atoms with van der Waals surface area (Å²) in [4.78, 5) is 2.01. The van der Waals surface area contributed by atoms with Gasteiger partial charge in [0.25, 0.3) is 0 Å². The zero-order valence-electron chi connectivity index (χ0n) is 9.78. The number of nitrogens with zero attached hydrogens (tertiary/aromatic N) is 1.